The van der Waals surface area contributed by atoms with Crippen molar-refractivity contribution in [1.29, 1.82) is 0 Å². The average Bonchev–Trinajstić information content (AvgIpc) is 2.72. The molecule has 0 fully saturated rings. The van der Waals surface area contributed by atoms with Crippen LogP contribution < -0.4 is 10.6 Å². The average molecular weight is 276 g/mol. The molecule has 1 heterocycles. The van der Waals surface area contributed by atoms with Gasteiger partial charge in [-0.25, -0.2) is 4.39 Å². The molecule has 0 spiro atoms. The Hall–Kier alpha value is -2.04. The molecule has 1 aromatic heterocycles. The minimum atomic E-state index is -0.205. The Kier molecular flexibility index (Phi) is 3.97. The maximum absolute atomic E-state index is 13.9. The van der Waals surface area contributed by atoms with Crippen LogP contribution in [0.1, 0.15) is 31.1 Å². The van der Waals surface area contributed by atoms with Gasteiger partial charge in [-0.05, 0) is 19.4 Å². The van der Waals surface area contributed by atoms with Gasteiger partial charge in [-0.3, -0.25) is 4.68 Å². The van der Waals surface area contributed by atoms with E-state index in [0.717, 1.165) is 17.9 Å². The van der Waals surface area contributed by atoms with Crippen LogP contribution in [0.4, 0.5) is 15.9 Å². The Bertz CT molecular complexity index is 606. The van der Waals surface area contributed by atoms with Gasteiger partial charge in [0.25, 0.3) is 0 Å². The molecule has 4 nitrogen and oxygen atoms in total. The van der Waals surface area contributed by atoms with Crippen LogP contribution in [0.2, 0.25) is 0 Å². The fourth-order valence-electron chi connectivity index (χ4n) is 2.47. The lowest BCUT2D eigenvalue weighted by atomic mass is 10.1. The highest BCUT2D eigenvalue weighted by atomic mass is 19.1. The molecule has 5 heteroatoms. The topological polar surface area (TPSA) is 47.1 Å². The second-order valence-electron chi connectivity index (χ2n) is 4.97. The number of nitrogens with two attached hydrogens (primary N) is 1. The molecule has 0 saturated heterocycles. The summed E-state index contributed by atoms with van der Waals surface area (Å²) in [5.41, 5.74) is 8.34. The van der Waals surface area contributed by atoms with Crippen molar-refractivity contribution in [3.05, 3.63) is 41.3 Å². The Morgan fingerprint density at radius 2 is 2.05 bits per heavy atom. The first-order valence-corrected chi connectivity index (χ1v) is 6.76. The van der Waals surface area contributed by atoms with Crippen molar-refractivity contribution in [1.82, 2.24) is 9.78 Å². The quantitative estimate of drug-likeness (QED) is 0.934. The van der Waals surface area contributed by atoms with Crippen LogP contribution in [0.5, 0.6) is 0 Å². The first kappa shape index (κ1) is 14.4. The van der Waals surface area contributed by atoms with Crippen molar-refractivity contribution in [2.24, 2.45) is 7.05 Å². The smallest absolute Gasteiger partial charge is 0.150 e. The lowest BCUT2D eigenvalue weighted by Crippen LogP contribution is -2.25. The van der Waals surface area contributed by atoms with Gasteiger partial charge in [0.1, 0.15) is 5.82 Å². The predicted molar refractivity (Wildman–Crippen MR) is 80.2 cm³/mol. The fourth-order valence-corrected chi connectivity index (χ4v) is 2.47. The van der Waals surface area contributed by atoms with Crippen molar-refractivity contribution in [2.45, 2.75) is 26.3 Å². The van der Waals surface area contributed by atoms with Crippen molar-refractivity contribution in [2.75, 3.05) is 17.7 Å². The van der Waals surface area contributed by atoms with Crippen LogP contribution in [0, 0.1) is 5.82 Å². The van der Waals surface area contributed by atoms with Gasteiger partial charge < -0.3 is 10.6 Å². The third-order valence-electron chi connectivity index (χ3n) is 3.73. The molecule has 0 saturated carbocycles. The zero-order valence-electron chi connectivity index (χ0n) is 12.4. The predicted octanol–water partition coefficient (Wildman–Crippen LogP) is 2.90. The van der Waals surface area contributed by atoms with Gasteiger partial charge in [-0.1, -0.05) is 25.1 Å². The zero-order valence-corrected chi connectivity index (χ0v) is 12.4. The summed E-state index contributed by atoms with van der Waals surface area (Å²) in [5, 5.41) is 4.40. The lowest BCUT2D eigenvalue weighted by molar-refractivity contribution is 0.579. The Balaban J connectivity index is 2.39. The van der Waals surface area contributed by atoms with Crippen molar-refractivity contribution in [3.8, 4) is 0 Å². The number of benzene rings is 1. The van der Waals surface area contributed by atoms with E-state index < -0.39 is 0 Å². The van der Waals surface area contributed by atoms with Crippen molar-refractivity contribution < 1.29 is 4.39 Å². The van der Waals surface area contributed by atoms with Crippen LogP contribution in [0.3, 0.4) is 0 Å². The van der Waals surface area contributed by atoms with Crippen LogP contribution in [0.25, 0.3) is 0 Å². The second-order valence-corrected chi connectivity index (χ2v) is 4.97. The van der Waals surface area contributed by atoms with Crippen LogP contribution in [0.15, 0.2) is 24.3 Å². The third-order valence-corrected chi connectivity index (χ3v) is 3.73. The summed E-state index contributed by atoms with van der Waals surface area (Å²) in [6.07, 6.45) is 0.779. The number of aromatic nitrogens is 2. The standard InChI is InChI=1S/C15H21FN4/c1-5-13-14(17)15(20(4)18-13)19(3)10(2)11-8-6-7-9-12(11)16/h6-10H,5,17H2,1-4H3. The molecule has 1 aromatic carbocycles. The molecule has 2 rings (SSSR count). The highest BCUT2D eigenvalue weighted by Gasteiger charge is 2.22. The van der Waals surface area contributed by atoms with E-state index in [1.165, 1.54) is 6.07 Å². The molecule has 0 radical (unpaired) electrons. The molecule has 0 bridgehead atoms. The lowest BCUT2D eigenvalue weighted by Gasteiger charge is -2.27. The monoisotopic (exact) mass is 276 g/mol. The molecule has 0 amide bonds. The number of aryl methyl sites for hydroxylation is 2. The zero-order chi connectivity index (χ0) is 14.9. The van der Waals surface area contributed by atoms with Gasteiger partial charge in [0.2, 0.25) is 0 Å². The molecular weight excluding hydrogens is 255 g/mol. The summed E-state index contributed by atoms with van der Waals surface area (Å²) in [7, 11) is 3.76. The SMILES string of the molecule is CCc1nn(C)c(N(C)C(C)c2ccccc2F)c1N. The van der Waals surface area contributed by atoms with E-state index in [2.05, 4.69) is 5.10 Å². The van der Waals surface area contributed by atoms with Crippen molar-refractivity contribution in [3.63, 3.8) is 0 Å². The van der Waals surface area contributed by atoms with E-state index >= 15 is 0 Å². The van der Waals surface area contributed by atoms with E-state index in [4.69, 9.17) is 5.73 Å². The Morgan fingerprint density at radius 1 is 1.40 bits per heavy atom. The van der Waals surface area contributed by atoms with Gasteiger partial charge >= 0.3 is 0 Å². The molecule has 2 N–H and O–H groups in total. The van der Waals surface area contributed by atoms with E-state index in [0.29, 0.717) is 11.3 Å². The summed E-state index contributed by atoms with van der Waals surface area (Å²) in [6.45, 7) is 3.97. The van der Waals surface area contributed by atoms with E-state index in [1.54, 1.807) is 16.8 Å². The number of nitrogen functional groups attached to an aromatic ring is 1. The number of hydrogen-bond acceptors (Lipinski definition) is 3. The molecule has 1 unspecified atom stereocenters. The van der Waals surface area contributed by atoms with E-state index in [1.807, 2.05) is 38.9 Å². The van der Waals surface area contributed by atoms with E-state index in [-0.39, 0.29) is 11.9 Å². The summed E-state index contributed by atoms with van der Waals surface area (Å²) in [6, 6.07) is 6.68. The fraction of sp³-hybridized carbons (Fsp3) is 0.400. The number of halogens is 1. The first-order valence-electron chi connectivity index (χ1n) is 6.76. The molecule has 0 aliphatic rings. The molecule has 20 heavy (non-hydrogen) atoms. The van der Waals surface area contributed by atoms with Gasteiger partial charge in [0.05, 0.1) is 17.4 Å². The molecule has 1 atom stereocenters. The maximum Gasteiger partial charge on any atom is 0.150 e. The molecule has 108 valence electrons. The summed E-state index contributed by atoms with van der Waals surface area (Å²) in [4.78, 5) is 1.96. The normalized spacial score (nSPS) is 12.4. The minimum Gasteiger partial charge on any atom is -0.394 e. The highest BCUT2D eigenvalue weighted by molar-refractivity contribution is 5.66. The third kappa shape index (κ3) is 2.35. The number of nitrogens with zero attached hydrogens (tertiary/aromatic N) is 3. The molecule has 0 aliphatic heterocycles. The summed E-state index contributed by atoms with van der Waals surface area (Å²) in [5.74, 6) is 0.612. The van der Waals surface area contributed by atoms with Crippen LogP contribution in [-0.2, 0) is 13.5 Å². The van der Waals surface area contributed by atoms with E-state index in [9.17, 15) is 4.39 Å². The number of hydrogen-bond donors (Lipinski definition) is 1. The van der Waals surface area contributed by atoms with Crippen LogP contribution in [-0.4, -0.2) is 16.8 Å². The van der Waals surface area contributed by atoms with Gasteiger partial charge in [-0.2, -0.15) is 5.10 Å². The molecule has 2 aromatic rings. The summed E-state index contributed by atoms with van der Waals surface area (Å²) < 4.78 is 15.7. The molecular formula is C15H21FN4. The number of anilines is 2. The van der Waals surface area contributed by atoms with Gasteiger partial charge in [0.15, 0.2) is 5.82 Å². The number of rotatable bonds is 4. The minimum absolute atomic E-state index is 0.126. The van der Waals surface area contributed by atoms with Gasteiger partial charge in [0, 0.05) is 19.7 Å². The van der Waals surface area contributed by atoms with Gasteiger partial charge in [-0.15, -0.1) is 0 Å². The Labute approximate surface area is 119 Å². The Morgan fingerprint density at radius 3 is 2.60 bits per heavy atom. The second kappa shape index (κ2) is 5.53. The molecule has 0 aliphatic carbocycles. The van der Waals surface area contributed by atoms with Crippen molar-refractivity contribution >= 4 is 11.5 Å². The first-order chi connectivity index (χ1) is 9.47. The van der Waals surface area contributed by atoms with Crippen LogP contribution >= 0.6 is 0 Å². The highest BCUT2D eigenvalue weighted by Crippen LogP contribution is 2.32. The summed E-state index contributed by atoms with van der Waals surface area (Å²) >= 11 is 0. The maximum atomic E-state index is 13.9. The largest absolute Gasteiger partial charge is 0.394 e.